The van der Waals surface area contributed by atoms with Crippen molar-refractivity contribution >= 4 is 31.9 Å². The van der Waals surface area contributed by atoms with Crippen LogP contribution < -0.4 is 5.32 Å². The lowest BCUT2D eigenvalue weighted by atomic mass is 9.98. The van der Waals surface area contributed by atoms with E-state index in [-0.39, 0.29) is 0 Å². The van der Waals surface area contributed by atoms with E-state index in [1.807, 2.05) is 7.05 Å². The average Bonchev–Trinajstić information content (AvgIpc) is 2.27. The molecule has 0 saturated carbocycles. The first-order chi connectivity index (χ1) is 7.63. The number of hydrogen-bond acceptors (Lipinski definition) is 1. The van der Waals surface area contributed by atoms with Crippen molar-refractivity contribution in [3.05, 3.63) is 32.7 Å². The third-order valence-corrected chi connectivity index (χ3v) is 4.07. The molecule has 0 amide bonds. The van der Waals surface area contributed by atoms with Gasteiger partial charge in [0.05, 0.1) is 0 Å². The second-order valence-electron chi connectivity index (χ2n) is 4.27. The average molecular weight is 349 g/mol. The van der Waals surface area contributed by atoms with Gasteiger partial charge in [-0.25, -0.2) is 0 Å². The standard InChI is InChI=1S/C13H19Br2N/c1-10(7-8-16-2)3-4-11-9-12(14)5-6-13(11)15/h5-6,9-10,16H,3-4,7-8H2,1-2H3. The molecule has 16 heavy (non-hydrogen) atoms. The summed E-state index contributed by atoms with van der Waals surface area (Å²) >= 11 is 7.11. The first-order valence-electron chi connectivity index (χ1n) is 5.72. The lowest BCUT2D eigenvalue weighted by Crippen LogP contribution is -2.12. The van der Waals surface area contributed by atoms with Crippen LogP contribution in [0.3, 0.4) is 0 Å². The topological polar surface area (TPSA) is 12.0 Å². The van der Waals surface area contributed by atoms with Crippen LogP contribution in [0.5, 0.6) is 0 Å². The molecular formula is C13H19Br2N. The Hall–Kier alpha value is 0.140. The van der Waals surface area contributed by atoms with E-state index in [2.05, 4.69) is 62.3 Å². The van der Waals surface area contributed by atoms with E-state index in [1.165, 1.54) is 22.9 Å². The van der Waals surface area contributed by atoms with E-state index in [4.69, 9.17) is 0 Å². The number of aryl methyl sites for hydroxylation is 1. The molecular weight excluding hydrogens is 330 g/mol. The summed E-state index contributed by atoms with van der Waals surface area (Å²) in [6.45, 7) is 3.43. The molecule has 1 nitrogen and oxygen atoms in total. The minimum Gasteiger partial charge on any atom is -0.320 e. The smallest absolute Gasteiger partial charge is 0.0208 e. The van der Waals surface area contributed by atoms with E-state index >= 15 is 0 Å². The first kappa shape index (κ1) is 14.2. The van der Waals surface area contributed by atoms with E-state index in [9.17, 15) is 0 Å². The largest absolute Gasteiger partial charge is 0.320 e. The molecule has 0 spiro atoms. The number of halogens is 2. The van der Waals surface area contributed by atoms with Crippen LogP contribution in [0, 0.1) is 5.92 Å². The second kappa shape index (κ2) is 7.46. The van der Waals surface area contributed by atoms with Crippen LogP contribution >= 0.6 is 31.9 Å². The van der Waals surface area contributed by atoms with Gasteiger partial charge < -0.3 is 5.32 Å². The summed E-state index contributed by atoms with van der Waals surface area (Å²) < 4.78 is 2.38. The molecule has 1 atom stereocenters. The SMILES string of the molecule is CNCCC(C)CCc1cc(Br)ccc1Br. The maximum Gasteiger partial charge on any atom is 0.0208 e. The Balaban J connectivity index is 2.44. The Labute approximate surface area is 115 Å². The lowest BCUT2D eigenvalue weighted by molar-refractivity contribution is 0.481. The van der Waals surface area contributed by atoms with Gasteiger partial charge in [0, 0.05) is 8.95 Å². The minimum absolute atomic E-state index is 0.776. The fraction of sp³-hybridized carbons (Fsp3) is 0.538. The number of benzene rings is 1. The molecule has 1 aromatic rings. The van der Waals surface area contributed by atoms with E-state index < -0.39 is 0 Å². The van der Waals surface area contributed by atoms with Crippen molar-refractivity contribution in [2.45, 2.75) is 26.2 Å². The molecule has 1 N–H and O–H groups in total. The molecule has 0 fully saturated rings. The molecule has 1 unspecified atom stereocenters. The fourth-order valence-electron chi connectivity index (χ4n) is 1.67. The molecule has 90 valence electrons. The van der Waals surface area contributed by atoms with Crippen LogP contribution in [-0.2, 0) is 6.42 Å². The van der Waals surface area contributed by atoms with Crippen LogP contribution in [0.25, 0.3) is 0 Å². The molecule has 0 heterocycles. The number of nitrogens with one attached hydrogen (secondary N) is 1. The van der Waals surface area contributed by atoms with E-state index in [1.54, 1.807) is 0 Å². The van der Waals surface area contributed by atoms with Crippen molar-refractivity contribution in [1.29, 1.82) is 0 Å². The Morgan fingerprint density at radius 2 is 2.00 bits per heavy atom. The Bertz CT molecular complexity index is 326. The zero-order valence-corrected chi connectivity index (χ0v) is 13.1. The Kier molecular flexibility index (Phi) is 6.62. The molecule has 0 saturated heterocycles. The van der Waals surface area contributed by atoms with Crippen molar-refractivity contribution in [1.82, 2.24) is 5.32 Å². The number of rotatable bonds is 6. The highest BCUT2D eigenvalue weighted by molar-refractivity contribution is 9.11. The summed E-state index contributed by atoms with van der Waals surface area (Å²) in [5, 5.41) is 3.20. The summed E-state index contributed by atoms with van der Waals surface area (Å²) in [5.41, 5.74) is 1.39. The zero-order chi connectivity index (χ0) is 12.0. The van der Waals surface area contributed by atoms with Gasteiger partial charge >= 0.3 is 0 Å². The van der Waals surface area contributed by atoms with Gasteiger partial charge in [0.1, 0.15) is 0 Å². The molecule has 0 aliphatic heterocycles. The quantitative estimate of drug-likeness (QED) is 0.803. The van der Waals surface area contributed by atoms with Crippen LogP contribution in [0.2, 0.25) is 0 Å². The zero-order valence-electron chi connectivity index (χ0n) is 9.89. The summed E-state index contributed by atoms with van der Waals surface area (Å²) in [7, 11) is 2.01. The highest BCUT2D eigenvalue weighted by Gasteiger charge is 2.05. The molecule has 3 heteroatoms. The van der Waals surface area contributed by atoms with Crippen molar-refractivity contribution < 1.29 is 0 Å². The summed E-state index contributed by atoms with van der Waals surface area (Å²) in [4.78, 5) is 0. The van der Waals surface area contributed by atoms with Crippen molar-refractivity contribution in [3.8, 4) is 0 Å². The highest BCUT2D eigenvalue weighted by atomic mass is 79.9. The van der Waals surface area contributed by atoms with Gasteiger partial charge in [0.15, 0.2) is 0 Å². The normalized spacial score (nSPS) is 12.8. The van der Waals surface area contributed by atoms with Gasteiger partial charge in [-0.3, -0.25) is 0 Å². The van der Waals surface area contributed by atoms with Gasteiger partial charge in [-0.15, -0.1) is 0 Å². The second-order valence-corrected chi connectivity index (χ2v) is 6.04. The highest BCUT2D eigenvalue weighted by Crippen LogP contribution is 2.24. The molecule has 0 aliphatic carbocycles. The maximum atomic E-state index is 3.60. The molecule has 1 aromatic carbocycles. The van der Waals surface area contributed by atoms with Crippen LogP contribution in [0.1, 0.15) is 25.3 Å². The molecule has 0 radical (unpaired) electrons. The van der Waals surface area contributed by atoms with Crippen LogP contribution in [-0.4, -0.2) is 13.6 Å². The molecule has 0 bridgehead atoms. The third-order valence-electron chi connectivity index (χ3n) is 2.80. The fourth-order valence-corrected chi connectivity index (χ4v) is 2.53. The monoisotopic (exact) mass is 347 g/mol. The van der Waals surface area contributed by atoms with Crippen LogP contribution in [0.4, 0.5) is 0 Å². The third kappa shape index (κ3) is 4.98. The first-order valence-corrected chi connectivity index (χ1v) is 7.30. The Morgan fingerprint density at radius 3 is 2.69 bits per heavy atom. The van der Waals surface area contributed by atoms with Gasteiger partial charge in [-0.1, -0.05) is 38.8 Å². The van der Waals surface area contributed by atoms with Gasteiger partial charge in [0.25, 0.3) is 0 Å². The Morgan fingerprint density at radius 1 is 1.25 bits per heavy atom. The van der Waals surface area contributed by atoms with E-state index in [0.29, 0.717) is 0 Å². The molecule has 0 aliphatic rings. The summed E-state index contributed by atoms with van der Waals surface area (Å²) in [6.07, 6.45) is 3.64. The molecule has 1 rings (SSSR count). The minimum atomic E-state index is 0.776. The van der Waals surface area contributed by atoms with Gasteiger partial charge in [-0.05, 0) is 62.5 Å². The van der Waals surface area contributed by atoms with Gasteiger partial charge in [0.2, 0.25) is 0 Å². The van der Waals surface area contributed by atoms with Crippen molar-refractivity contribution in [2.75, 3.05) is 13.6 Å². The predicted molar refractivity (Wildman–Crippen MR) is 77.9 cm³/mol. The van der Waals surface area contributed by atoms with Crippen molar-refractivity contribution in [3.63, 3.8) is 0 Å². The van der Waals surface area contributed by atoms with Gasteiger partial charge in [-0.2, -0.15) is 0 Å². The van der Waals surface area contributed by atoms with Crippen LogP contribution in [0.15, 0.2) is 27.1 Å². The van der Waals surface area contributed by atoms with E-state index in [0.717, 1.165) is 23.4 Å². The number of hydrogen-bond donors (Lipinski definition) is 1. The lowest BCUT2D eigenvalue weighted by Gasteiger charge is -2.12. The summed E-state index contributed by atoms with van der Waals surface area (Å²) in [5.74, 6) is 0.776. The maximum absolute atomic E-state index is 3.60. The predicted octanol–water partition coefficient (Wildman–Crippen LogP) is 4.39. The molecule has 0 aromatic heterocycles. The summed E-state index contributed by atoms with van der Waals surface area (Å²) in [6, 6.07) is 6.38. The van der Waals surface area contributed by atoms with Crippen molar-refractivity contribution in [2.24, 2.45) is 5.92 Å².